The summed E-state index contributed by atoms with van der Waals surface area (Å²) in [6.45, 7) is 7.17. The largest absolute Gasteiger partial charge is 0.348 e. The highest BCUT2D eigenvalue weighted by Crippen LogP contribution is 2.21. The number of thiazole rings is 1. The second-order valence-electron chi connectivity index (χ2n) is 5.90. The molecule has 2 aromatic heterocycles. The van der Waals surface area contributed by atoms with Gasteiger partial charge in [0.1, 0.15) is 5.69 Å². The molecule has 2 N–H and O–H groups in total. The highest BCUT2D eigenvalue weighted by molar-refractivity contribution is 7.11. The van der Waals surface area contributed by atoms with Crippen molar-refractivity contribution in [3.05, 3.63) is 34.0 Å². The SMILES string of the molecule is Cc1ncc(CN2CC[C@H](NC(=O)c3ccn[nH]3)[C@@H](C)C2)s1. The molecule has 0 aromatic carbocycles. The number of hydrogen-bond acceptors (Lipinski definition) is 5. The summed E-state index contributed by atoms with van der Waals surface area (Å²) in [7, 11) is 0. The van der Waals surface area contributed by atoms with E-state index in [-0.39, 0.29) is 11.9 Å². The summed E-state index contributed by atoms with van der Waals surface area (Å²) in [5.74, 6) is 0.357. The van der Waals surface area contributed by atoms with Gasteiger partial charge in [0.05, 0.1) is 5.01 Å². The van der Waals surface area contributed by atoms with E-state index < -0.39 is 0 Å². The first-order valence-corrected chi connectivity index (χ1v) is 8.37. The smallest absolute Gasteiger partial charge is 0.269 e. The molecule has 2 aromatic rings. The predicted octanol–water partition coefficient (Wildman–Crippen LogP) is 1.82. The summed E-state index contributed by atoms with van der Waals surface area (Å²) in [4.78, 5) is 20.2. The van der Waals surface area contributed by atoms with Gasteiger partial charge < -0.3 is 5.32 Å². The van der Waals surface area contributed by atoms with Crippen LogP contribution in [0.1, 0.15) is 33.7 Å². The first-order chi connectivity index (χ1) is 10.6. The van der Waals surface area contributed by atoms with Gasteiger partial charge in [-0.05, 0) is 25.3 Å². The Morgan fingerprint density at radius 3 is 3.09 bits per heavy atom. The molecule has 1 aliphatic rings. The van der Waals surface area contributed by atoms with E-state index in [1.807, 2.05) is 13.1 Å². The second-order valence-corrected chi connectivity index (χ2v) is 7.22. The van der Waals surface area contributed by atoms with Gasteiger partial charge in [0, 0.05) is 42.9 Å². The maximum absolute atomic E-state index is 12.1. The first-order valence-electron chi connectivity index (χ1n) is 7.55. The Morgan fingerprint density at radius 1 is 1.59 bits per heavy atom. The van der Waals surface area contributed by atoms with E-state index in [4.69, 9.17) is 0 Å². The first kappa shape index (κ1) is 15.2. The number of carbonyl (C=O) groups excluding carboxylic acids is 1. The maximum Gasteiger partial charge on any atom is 0.269 e. The number of nitrogens with one attached hydrogen (secondary N) is 2. The number of carbonyl (C=O) groups is 1. The van der Waals surface area contributed by atoms with E-state index in [0.29, 0.717) is 11.6 Å². The fraction of sp³-hybridized carbons (Fsp3) is 0.533. The molecule has 0 saturated carbocycles. The molecular formula is C15H21N5OS. The molecule has 118 valence electrons. The Kier molecular flexibility index (Phi) is 4.54. The minimum atomic E-state index is -0.0686. The van der Waals surface area contributed by atoms with E-state index in [2.05, 4.69) is 32.3 Å². The normalized spacial score (nSPS) is 22.6. The summed E-state index contributed by atoms with van der Waals surface area (Å²) in [5.41, 5.74) is 0.523. The van der Waals surface area contributed by atoms with E-state index in [0.717, 1.165) is 31.1 Å². The highest BCUT2D eigenvalue weighted by atomic mass is 32.1. The molecule has 0 unspecified atom stereocenters. The second kappa shape index (κ2) is 6.58. The van der Waals surface area contributed by atoms with Gasteiger partial charge in [0.25, 0.3) is 5.91 Å². The number of amides is 1. The van der Waals surface area contributed by atoms with Crippen LogP contribution in [0.5, 0.6) is 0 Å². The zero-order chi connectivity index (χ0) is 15.5. The van der Waals surface area contributed by atoms with Crippen molar-refractivity contribution in [3.8, 4) is 0 Å². The van der Waals surface area contributed by atoms with Crippen LogP contribution in [-0.4, -0.2) is 45.1 Å². The van der Waals surface area contributed by atoms with Gasteiger partial charge in [0.2, 0.25) is 0 Å². The van der Waals surface area contributed by atoms with Crippen molar-refractivity contribution in [1.29, 1.82) is 0 Å². The van der Waals surface area contributed by atoms with Gasteiger partial charge in [-0.3, -0.25) is 14.8 Å². The molecule has 0 aliphatic carbocycles. The Balaban J connectivity index is 1.52. The molecule has 22 heavy (non-hydrogen) atoms. The quantitative estimate of drug-likeness (QED) is 0.901. The fourth-order valence-electron chi connectivity index (χ4n) is 2.92. The molecule has 1 saturated heterocycles. The summed E-state index contributed by atoms with van der Waals surface area (Å²) < 4.78 is 0. The van der Waals surface area contributed by atoms with E-state index in [1.54, 1.807) is 23.6 Å². The predicted molar refractivity (Wildman–Crippen MR) is 85.8 cm³/mol. The molecule has 7 heteroatoms. The molecule has 0 spiro atoms. The van der Waals surface area contributed by atoms with Crippen LogP contribution in [0.3, 0.4) is 0 Å². The molecule has 1 aliphatic heterocycles. The van der Waals surface area contributed by atoms with E-state index in [1.165, 1.54) is 4.88 Å². The van der Waals surface area contributed by atoms with Crippen molar-refractivity contribution >= 4 is 17.2 Å². The molecule has 0 radical (unpaired) electrons. The molecule has 2 atom stereocenters. The van der Waals surface area contributed by atoms with Crippen molar-refractivity contribution in [3.63, 3.8) is 0 Å². The Morgan fingerprint density at radius 2 is 2.45 bits per heavy atom. The van der Waals surface area contributed by atoms with Crippen molar-refractivity contribution < 1.29 is 4.79 Å². The molecule has 3 rings (SSSR count). The third kappa shape index (κ3) is 3.53. The average molecular weight is 319 g/mol. The maximum atomic E-state index is 12.1. The number of aryl methyl sites for hydroxylation is 1. The van der Waals surface area contributed by atoms with E-state index >= 15 is 0 Å². The van der Waals surface area contributed by atoms with Crippen molar-refractivity contribution in [2.75, 3.05) is 13.1 Å². The number of aromatic amines is 1. The average Bonchev–Trinajstić information content (AvgIpc) is 3.13. The summed E-state index contributed by atoms with van der Waals surface area (Å²) in [6.07, 6.45) is 4.54. The summed E-state index contributed by atoms with van der Waals surface area (Å²) in [5, 5.41) is 10.8. The fourth-order valence-corrected chi connectivity index (χ4v) is 3.75. The Bertz CT molecular complexity index is 624. The number of likely N-dealkylation sites (tertiary alicyclic amines) is 1. The number of nitrogens with zero attached hydrogens (tertiary/aromatic N) is 3. The van der Waals surface area contributed by atoms with Gasteiger partial charge in [-0.15, -0.1) is 11.3 Å². The van der Waals surface area contributed by atoms with Gasteiger partial charge in [-0.1, -0.05) is 6.92 Å². The lowest BCUT2D eigenvalue weighted by molar-refractivity contribution is 0.0856. The number of rotatable bonds is 4. The van der Waals surface area contributed by atoms with Crippen LogP contribution >= 0.6 is 11.3 Å². The van der Waals surface area contributed by atoms with Crippen LogP contribution < -0.4 is 5.32 Å². The van der Waals surface area contributed by atoms with Crippen LogP contribution in [0.4, 0.5) is 0 Å². The Hall–Kier alpha value is -1.73. The van der Waals surface area contributed by atoms with E-state index in [9.17, 15) is 4.79 Å². The number of piperidine rings is 1. The van der Waals surface area contributed by atoms with Crippen LogP contribution in [0.15, 0.2) is 18.5 Å². The summed E-state index contributed by atoms with van der Waals surface area (Å²) >= 11 is 1.76. The topological polar surface area (TPSA) is 73.9 Å². The zero-order valence-electron chi connectivity index (χ0n) is 12.9. The Labute approximate surface area is 133 Å². The van der Waals surface area contributed by atoms with Gasteiger partial charge in [0.15, 0.2) is 0 Å². The lowest BCUT2D eigenvalue weighted by Crippen LogP contribution is -2.49. The minimum absolute atomic E-state index is 0.0686. The lowest BCUT2D eigenvalue weighted by atomic mass is 9.93. The minimum Gasteiger partial charge on any atom is -0.348 e. The molecule has 3 heterocycles. The highest BCUT2D eigenvalue weighted by Gasteiger charge is 2.28. The molecular weight excluding hydrogens is 298 g/mol. The van der Waals surface area contributed by atoms with Crippen molar-refractivity contribution in [1.82, 2.24) is 25.4 Å². The third-order valence-electron chi connectivity index (χ3n) is 4.10. The monoisotopic (exact) mass is 319 g/mol. The van der Waals surface area contributed by atoms with Crippen LogP contribution in [-0.2, 0) is 6.54 Å². The number of aromatic nitrogens is 3. The van der Waals surface area contributed by atoms with Crippen molar-refractivity contribution in [2.45, 2.75) is 32.9 Å². The standard InChI is InChI=1S/C15H21N5OS/c1-10-8-20(9-12-7-16-11(2)22-12)6-4-13(10)18-15(21)14-3-5-17-19-14/h3,5,7,10,13H,4,6,8-9H2,1-2H3,(H,17,19)(H,18,21)/t10-,13-/m0/s1. The van der Waals surface area contributed by atoms with Crippen molar-refractivity contribution in [2.24, 2.45) is 5.92 Å². The third-order valence-corrected chi connectivity index (χ3v) is 5.00. The summed E-state index contributed by atoms with van der Waals surface area (Å²) in [6, 6.07) is 1.91. The van der Waals surface area contributed by atoms with Gasteiger partial charge >= 0.3 is 0 Å². The number of H-pyrrole nitrogens is 1. The molecule has 1 fully saturated rings. The molecule has 1 amide bonds. The van der Waals surface area contributed by atoms with Crippen LogP contribution in [0, 0.1) is 12.8 Å². The zero-order valence-corrected chi connectivity index (χ0v) is 13.7. The molecule has 6 nitrogen and oxygen atoms in total. The lowest BCUT2D eigenvalue weighted by Gasteiger charge is -2.36. The van der Waals surface area contributed by atoms with Gasteiger partial charge in [-0.2, -0.15) is 5.10 Å². The van der Waals surface area contributed by atoms with Crippen LogP contribution in [0.25, 0.3) is 0 Å². The van der Waals surface area contributed by atoms with Crippen LogP contribution in [0.2, 0.25) is 0 Å². The number of hydrogen-bond donors (Lipinski definition) is 2. The molecule has 0 bridgehead atoms. The van der Waals surface area contributed by atoms with Gasteiger partial charge in [-0.25, -0.2) is 4.98 Å².